The molecule has 0 bridgehead atoms. The number of nitrogens with zero attached hydrogens (tertiary/aromatic N) is 2. The zero-order valence-electron chi connectivity index (χ0n) is 10.5. The van der Waals surface area contributed by atoms with Crippen molar-refractivity contribution < 1.29 is 19.2 Å². The van der Waals surface area contributed by atoms with Gasteiger partial charge < -0.3 is 14.4 Å². The molecular formula is C13H14N2O4. The standard InChI is InChI=1S/C13H14N2O4/c1-18-10-6-3-2-5-9(10)13-14-11(19-15-13)7-4-8-12(16)17/h2-3,5-6H,4,7-8H2,1H3,(H,16,17). The molecule has 0 spiro atoms. The topological polar surface area (TPSA) is 85.5 Å². The van der Waals surface area contributed by atoms with Crippen LogP contribution in [0.1, 0.15) is 18.7 Å². The van der Waals surface area contributed by atoms with Gasteiger partial charge in [-0.3, -0.25) is 4.79 Å². The van der Waals surface area contributed by atoms with E-state index < -0.39 is 5.97 Å². The van der Waals surface area contributed by atoms with Crippen molar-refractivity contribution in [3.63, 3.8) is 0 Å². The highest BCUT2D eigenvalue weighted by molar-refractivity contribution is 5.66. The predicted molar refractivity (Wildman–Crippen MR) is 66.9 cm³/mol. The molecule has 1 N–H and O–H groups in total. The quantitative estimate of drug-likeness (QED) is 0.858. The maximum Gasteiger partial charge on any atom is 0.303 e. The molecule has 0 unspecified atom stereocenters. The number of rotatable bonds is 6. The molecule has 1 heterocycles. The Morgan fingerprint density at radius 1 is 1.42 bits per heavy atom. The van der Waals surface area contributed by atoms with E-state index in [4.69, 9.17) is 14.4 Å². The van der Waals surface area contributed by atoms with Gasteiger partial charge in [-0.2, -0.15) is 4.98 Å². The molecule has 0 amide bonds. The van der Waals surface area contributed by atoms with Crippen molar-refractivity contribution in [2.75, 3.05) is 7.11 Å². The van der Waals surface area contributed by atoms with E-state index >= 15 is 0 Å². The van der Waals surface area contributed by atoms with E-state index in [1.54, 1.807) is 7.11 Å². The minimum absolute atomic E-state index is 0.0897. The Balaban J connectivity index is 2.10. The lowest BCUT2D eigenvalue weighted by molar-refractivity contribution is -0.137. The number of ether oxygens (including phenoxy) is 1. The summed E-state index contributed by atoms with van der Waals surface area (Å²) < 4.78 is 10.3. The van der Waals surface area contributed by atoms with Crippen LogP contribution in [0.3, 0.4) is 0 Å². The number of aromatic nitrogens is 2. The van der Waals surface area contributed by atoms with Crippen LogP contribution >= 0.6 is 0 Å². The highest BCUT2D eigenvalue weighted by Crippen LogP contribution is 2.27. The molecule has 0 aliphatic rings. The highest BCUT2D eigenvalue weighted by Gasteiger charge is 2.12. The molecule has 19 heavy (non-hydrogen) atoms. The summed E-state index contributed by atoms with van der Waals surface area (Å²) in [6.45, 7) is 0. The highest BCUT2D eigenvalue weighted by atomic mass is 16.5. The first-order valence-corrected chi connectivity index (χ1v) is 5.88. The number of benzene rings is 1. The molecule has 0 radical (unpaired) electrons. The molecule has 1 aromatic heterocycles. The lowest BCUT2D eigenvalue weighted by Gasteiger charge is -2.02. The van der Waals surface area contributed by atoms with Crippen LogP contribution in [0.25, 0.3) is 11.4 Å². The van der Waals surface area contributed by atoms with Crippen molar-refractivity contribution in [3.8, 4) is 17.1 Å². The normalized spacial score (nSPS) is 10.4. The number of carbonyl (C=O) groups is 1. The number of carboxylic acid groups (broad SMARTS) is 1. The van der Waals surface area contributed by atoms with Crippen LogP contribution in [-0.2, 0) is 11.2 Å². The third kappa shape index (κ3) is 3.31. The summed E-state index contributed by atoms with van der Waals surface area (Å²) in [4.78, 5) is 14.7. The summed E-state index contributed by atoms with van der Waals surface area (Å²) >= 11 is 0. The van der Waals surface area contributed by atoms with E-state index in [1.165, 1.54) is 0 Å². The lowest BCUT2D eigenvalue weighted by Crippen LogP contribution is -1.96. The van der Waals surface area contributed by atoms with Gasteiger partial charge in [0.25, 0.3) is 0 Å². The maximum atomic E-state index is 10.4. The van der Waals surface area contributed by atoms with Crippen molar-refractivity contribution in [1.82, 2.24) is 10.1 Å². The van der Waals surface area contributed by atoms with Crippen molar-refractivity contribution in [3.05, 3.63) is 30.2 Å². The van der Waals surface area contributed by atoms with Crippen molar-refractivity contribution in [1.29, 1.82) is 0 Å². The first-order chi connectivity index (χ1) is 9.20. The number of hydrogen-bond acceptors (Lipinski definition) is 5. The van der Waals surface area contributed by atoms with Crippen LogP contribution in [-0.4, -0.2) is 28.3 Å². The van der Waals surface area contributed by atoms with Gasteiger partial charge in [-0.15, -0.1) is 0 Å². The van der Waals surface area contributed by atoms with Gasteiger partial charge >= 0.3 is 5.97 Å². The Morgan fingerprint density at radius 3 is 2.95 bits per heavy atom. The predicted octanol–water partition coefficient (Wildman–Crippen LogP) is 2.15. The van der Waals surface area contributed by atoms with E-state index in [9.17, 15) is 4.79 Å². The van der Waals surface area contributed by atoms with Gasteiger partial charge in [0.2, 0.25) is 11.7 Å². The number of aliphatic carboxylic acids is 1. The van der Waals surface area contributed by atoms with Gasteiger partial charge in [0.15, 0.2) is 0 Å². The van der Waals surface area contributed by atoms with Crippen LogP contribution in [0, 0.1) is 0 Å². The van der Waals surface area contributed by atoms with Gasteiger partial charge in [0.05, 0.1) is 12.7 Å². The van der Waals surface area contributed by atoms with Crippen LogP contribution in [0.2, 0.25) is 0 Å². The van der Waals surface area contributed by atoms with E-state index in [0.29, 0.717) is 30.3 Å². The minimum Gasteiger partial charge on any atom is -0.496 e. The number of para-hydroxylation sites is 1. The monoisotopic (exact) mass is 262 g/mol. The zero-order chi connectivity index (χ0) is 13.7. The zero-order valence-corrected chi connectivity index (χ0v) is 10.5. The van der Waals surface area contributed by atoms with Crippen LogP contribution in [0.4, 0.5) is 0 Å². The van der Waals surface area contributed by atoms with E-state index in [2.05, 4.69) is 10.1 Å². The Bertz CT molecular complexity index is 565. The molecule has 1 aromatic carbocycles. The Hall–Kier alpha value is -2.37. The largest absolute Gasteiger partial charge is 0.496 e. The fourth-order valence-electron chi connectivity index (χ4n) is 1.69. The second-order valence-electron chi connectivity index (χ2n) is 3.96. The van der Waals surface area contributed by atoms with Gasteiger partial charge in [-0.25, -0.2) is 0 Å². The first kappa shape index (κ1) is 13.1. The molecule has 0 atom stereocenters. The number of methoxy groups -OCH3 is 1. The van der Waals surface area contributed by atoms with Crippen molar-refractivity contribution in [2.45, 2.75) is 19.3 Å². The molecule has 6 heteroatoms. The summed E-state index contributed by atoms with van der Waals surface area (Å²) in [5.41, 5.74) is 0.748. The molecule has 0 saturated heterocycles. The third-order valence-electron chi connectivity index (χ3n) is 2.60. The average Bonchev–Trinajstić information content (AvgIpc) is 2.87. The fraction of sp³-hybridized carbons (Fsp3) is 0.308. The summed E-state index contributed by atoms with van der Waals surface area (Å²) in [6, 6.07) is 7.37. The van der Waals surface area contributed by atoms with Crippen molar-refractivity contribution >= 4 is 5.97 Å². The summed E-state index contributed by atoms with van der Waals surface area (Å²) in [5.74, 6) is 0.717. The van der Waals surface area contributed by atoms with Crippen LogP contribution in [0.5, 0.6) is 5.75 Å². The Kier molecular flexibility index (Phi) is 4.12. The van der Waals surface area contributed by atoms with E-state index in [1.807, 2.05) is 24.3 Å². The first-order valence-electron chi connectivity index (χ1n) is 5.88. The van der Waals surface area contributed by atoms with E-state index in [-0.39, 0.29) is 6.42 Å². The van der Waals surface area contributed by atoms with Gasteiger partial charge in [0, 0.05) is 12.8 Å². The van der Waals surface area contributed by atoms with Gasteiger partial charge in [0.1, 0.15) is 5.75 Å². The van der Waals surface area contributed by atoms with Crippen LogP contribution < -0.4 is 4.74 Å². The van der Waals surface area contributed by atoms with Gasteiger partial charge in [-0.1, -0.05) is 17.3 Å². The molecular weight excluding hydrogens is 248 g/mol. The Labute approximate surface area is 110 Å². The molecule has 0 aliphatic heterocycles. The Morgan fingerprint density at radius 2 is 2.21 bits per heavy atom. The summed E-state index contributed by atoms with van der Waals surface area (Å²) in [6.07, 6.45) is 1.02. The molecule has 0 saturated carbocycles. The maximum absolute atomic E-state index is 10.4. The lowest BCUT2D eigenvalue weighted by atomic mass is 10.2. The van der Waals surface area contributed by atoms with Crippen LogP contribution in [0.15, 0.2) is 28.8 Å². The van der Waals surface area contributed by atoms with Gasteiger partial charge in [-0.05, 0) is 18.6 Å². The number of hydrogen-bond donors (Lipinski definition) is 1. The minimum atomic E-state index is -0.829. The number of aryl methyl sites for hydroxylation is 1. The van der Waals surface area contributed by atoms with E-state index in [0.717, 1.165) is 5.56 Å². The smallest absolute Gasteiger partial charge is 0.303 e. The molecule has 0 aliphatic carbocycles. The number of carboxylic acids is 1. The SMILES string of the molecule is COc1ccccc1-c1noc(CCCC(=O)O)n1. The average molecular weight is 262 g/mol. The second-order valence-corrected chi connectivity index (χ2v) is 3.96. The van der Waals surface area contributed by atoms with Crippen molar-refractivity contribution in [2.24, 2.45) is 0 Å². The molecule has 2 rings (SSSR count). The molecule has 6 nitrogen and oxygen atoms in total. The third-order valence-corrected chi connectivity index (χ3v) is 2.60. The molecule has 2 aromatic rings. The fourth-order valence-corrected chi connectivity index (χ4v) is 1.69. The second kappa shape index (κ2) is 5.99. The summed E-state index contributed by atoms with van der Waals surface area (Å²) in [5, 5.41) is 12.4. The molecule has 100 valence electrons. The summed E-state index contributed by atoms with van der Waals surface area (Å²) in [7, 11) is 1.58. The molecule has 0 fully saturated rings.